The monoisotopic (exact) mass is 886 g/mol. The Morgan fingerprint density at radius 1 is 0.871 bits per heavy atom. The number of hydrogen-bond donors (Lipinski definition) is 2. The van der Waals surface area contributed by atoms with E-state index in [2.05, 4.69) is 31.5 Å². The standard InChI is InChI=1S/C44H45Cl2FN8O7/c1-60-37-21-34(30(45)19-31(37)46)50-41-26(22-48)23-49-33-20-39(38(61-2)18-29(33)41)62-15-3-8-52-9-6-25(7-10-52)24-53-11-13-54(14-12-53)36-17-28-27(16-32(36)47)43(58)55(44(28)59)35-4-5-40(56)51-42(35)57/h16-21,23,25,35H,3-15,24H2,1-2H3,(H,49,50)(H,51,56,57). The first-order chi connectivity index (χ1) is 30.0. The zero-order valence-electron chi connectivity index (χ0n) is 34.3. The molecule has 62 heavy (non-hydrogen) atoms. The number of imide groups is 2. The molecule has 1 atom stereocenters. The van der Waals surface area contributed by atoms with Gasteiger partial charge >= 0.3 is 0 Å². The molecule has 15 nitrogen and oxygen atoms in total. The van der Waals surface area contributed by atoms with Gasteiger partial charge in [-0.3, -0.25) is 39.3 Å². The highest BCUT2D eigenvalue weighted by atomic mass is 35.5. The fourth-order valence-electron chi connectivity index (χ4n) is 8.73. The van der Waals surface area contributed by atoms with Gasteiger partial charge in [0.15, 0.2) is 11.5 Å². The normalized spacial score (nSPS) is 18.8. The van der Waals surface area contributed by atoms with Crippen LogP contribution < -0.4 is 29.7 Å². The quantitative estimate of drug-likeness (QED) is 0.118. The van der Waals surface area contributed by atoms with Gasteiger partial charge in [0.25, 0.3) is 11.8 Å². The van der Waals surface area contributed by atoms with Gasteiger partial charge in [-0.25, -0.2) is 4.39 Å². The molecule has 0 spiro atoms. The number of pyridine rings is 1. The molecule has 0 aliphatic carbocycles. The van der Waals surface area contributed by atoms with Crippen LogP contribution in [0.2, 0.25) is 10.0 Å². The maximum absolute atomic E-state index is 15.5. The molecule has 4 aliphatic heterocycles. The van der Waals surface area contributed by atoms with Crippen molar-refractivity contribution in [3.05, 3.63) is 75.1 Å². The van der Waals surface area contributed by atoms with Gasteiger partial charge in [-0.2, -0.15) is 5.26 Å². The van der Waals surface area contributed by atoms with Gasteiger partial charge in [0.05, 0.1) is 70.1 Å². The van der Waals surface area contributed by atoms with Gasteiger partial charge in [-0.1, -0.05) is 23.2 Å². The lowest BCUT2D eigenvalue weighted by Crippen LogP contribution is -2.54. The van der Waals surface area contributed by atoms with Crippen molar-refractivity contribution in [2.24, 2.45) is 5.92 Å². The summed E-state index contributed by atoms with van der Waals surface area (Å²) in [5, 5.41) is 16.7. The Morgan fingerprint density at radius 3 is 2.29 bits per heavy atom. The molecule has 5 heterocycles. The van der Waals surface area contributed by atoms with Crippen molar-refractivity contribution >= 4 is 74.8 Å². The average molecular weight is 888 g/mol. The van der Waals surface area contributed by atoms with Gasteiger partial charge in [-0.05, 0) is 69.0 Å². The Hall–Kier alpha value is -5.73. The van der Waals surface area contributed by atoms with Crippen molar-refractivity contribution < 1.29 is 37.8 Å². The lowest BCUT2D eigenvalue weighted by Gasteiger charge is -2.39. The van der Waals surface area contributed by atoms with E-state index in [0.717, 1.165) is 69.5 Å². The Kier molecular flexibility index (Phi) is 12.7. The van der Waals surface area contributed by atoms with E-state index in [-0.39, 0.29) is 29.7 Å². The fraction of sp³-hybridized carbons (Fsp3) is 0.409. The third-order valence-electron chi connectivity index (χ3n) is 12.1. The number of aromatic nitrogens is 1. The SMILES string of the molecule is COc1cc(Nc2c(C#N)cnc3cc(OCCCN4CCC(CN5CCN(c6cc7c(cc6F)C(=O)N(C6CCC(=O)NC6=O)C7=O)CC5)CC4)c(OC)cc23)c(Cl)cc1Cl. The first-order valence-electron chi connectivity index (χ1n) is 20.5. The van der Waals surface area contributed by atoms with Crippen molar-refractivity contribution in [2.75, 3.05) is 83.4 Å². The van der Waals surface area contributed by atoms with Crippen LogP contribution in [0.1, 0.15) is 58.4 Å². The zero-order valence-corrected chi connectivity index (χ0v) is 35.8. The van der Waals surface area contributed by atoms with E-state index in [4.69, 9.17) is 37.4 Å². The number of amides is 4. The van der Waals surface area contributed by atoms with Crippen molar-refractivity contribution in [1.29, 1.82) is 5.26 Å². The number of nitriles is 1. The molecule has 3 fully saturated rings. The summed E-state index contributed by atoms with van der Waals surface area (Å²) in [5.74, 6) is -1.09. The average Bonchev–Trinajstić information content (AvgIpc) is 3.50. The predicted molar refractivity (Wildman–Crippen MR) is 230 cm³/mol. The van der Waals surface area contributed by atoms with E-state index >= 15 is 4.39 Å². The molecule has 0 saturated carbocycles. The maximum atomic E-state index is 15.5. The number of anilines is 3. The molecule has 3 saturated heterocycles. The Morgan fingerprint density at radius 2 is 1.60 bits per heavy atom. The molecule has 0 bridgehead atoms. The number of hydrogen-bond acceptors (Lipinski definition) is 13. The van der Waals surface area contributed by atoms with Crippen LogP contribution in [0.5, 0.6) is 17.2 Å². The topological polar surface area (TPSA) is 170 Å². The first kappa shape index (κ1) is 42.9. The highest BCUT2D eigenvalue weighted by Gasteiger charge is 2.45. The van der Waals surface area contributed by atoms with E-state index in [1.165, 1.54) is 19.4 Å². The number of benzene rings is 3. The molecule has 324 valence electrons. The number of ether oxygens (including phenoxy) is 3. The van der Waals surface area contributed by atoms with Gasteiger partial charge in [-0.15, -0.1) is 0 Å². The van der Waals surface area contributed by atoms with Gasteiger partial charge in [0.2, 0.25) is 11.8 Å². The minimum Gasteiger partial charge on any atom is -0.495 e. The van der Waals surface area contributed by atoms with Crippen LogP contribution in [0.4, 0.5) is 21.5 Å². The summed E-state index contributed by atoms with van der Waals surface area (Å²) < 4.78 is 32.7. The number of nitrogens with zero attached hydrogens (tertiary/aromatic N) is 6. The molecule has 1 unspecified atom stereocenters. The highest BCUT2D eigenvalue weighted by Crippen LogP contribution is 2.41. The van der Waals surface area contributed by atoms with E-state index < -0.39 is 35.5 Å². The van der Waals surface area contributed by atoms with Crippen molar-refractivity contribution in [1.82, 2.24) is 25.0 Å². The fourth-order valence-corrected chi connectivity index (χ4v) is 9.24. The summed E-state index contributed by atoms with van der Waals surface area (Å²) >= 11 is 12.7. The van der Waals surface area contributed by atoms with Crippen LogP contribution in [0, 0.1) is 23.1 Å². The van der Waals surface area contributed by atoms with Crippen LogP contribution in [0.25, 0.3) is 10.9 Å². The summed E-state index contributed by atoms with van der Waals surface area (Å²) in [6.07, 6.45) is 4.50. The van der Waals surface area contributed by atoms with E-state index in [9.17, 15) is 24.4 Å². The van der Waals surface area contributed by atoms with E-state index in [0.29, 0.717) is 80.7 Å². The molecule has 4 aromatic rings. The largest absolute Gasteiger partial charge is 0.495 e. The number of nitrogens with one attached hydrogen (secondary N) is 2. The number of carbonyl (C=O) groups is 4. The Balaban J connectivity index is 0.799. The van der Waals surface area contributed by atoms with Gasteiger partial charge in [0, 0.05) is 69.4 Å². The summed E-state index contributed by atoms with van der Waals surface area (Å²) in [4.78, 5) is 62.7. The summed E-state index contributed by atoms with van der Waals surface area (Å²) in [6.45, 7) is 6.89. The minimum absolute atomic E-state index is 0.0150. The zero-order chi connectivity index (χ0) is 43.7. The number of methoxy groups -OCH3 is 2. The Labute approximate surface area is 367 Å². The molecule has 1 aromatic heterocycles. The third kappa shape index (κ3) is 8.67. The number of halogens is 3. The van der Waals surface area contributed by atoms with Crippen LogP contribution in [-0.4, -0.2) is 123 Å². The molecule has 4 aliphatic rings. The van der Waals surface area contributed by atoms with Crippen molar-refractivity contribution in [2.45, 2.75) is 38.1 Å². The number of carbonyl (C=O) groups excluding carboxylic acids is 4. The predicted octanol–water partition coefficient (Wildman–Crippen LogP) is 6.02. The van der Waals surface area contributed by atoms with Crippen LogP contribution >= 0.6 is 23.2 Å². The van der Waals surface area contributed by atoms with E-state index in [1.807, 2.05) is 4.90 Å². The van der Waals surface area contributed by atoms with Crippen LogP contribution in [-0.2, 0) is 9.59 Å². The number of piperazine rings is 1. The second-order valence-corrected chi connectivity index (χ2v) is 16.7. The van der Waals surface area contributed by atoms with Crippen LogP contribution in [0.3, 0.4) is 0 Å². The van der Waals surface area contributed by atoms with E-state index in [1.54, 1.807) is 31.4 Å². The second-order valence-electron chi connectivity index (χ2n) is 15.8. The van der Waals surface area contributed by atoms with Crippen LogP contribution in [0.15, 0.2) is 42.6 Å². The maximum Gasteiger partial charge on any atom is 0.262 e. The molecule has 2 N–H and O–H groups in total. The third-order valence-corrected chi connectivity index (χ3v) is 12.7. The lowest BCUT2D eigenvalue weighted by atomic mass is 9.95. The Bertz CT molecular complexity index is 2490. The molecular weight excluding hydrogens is 842 g/mol. The van der Waals surface area contributed by atoms with Crippen molar-refractivity contribution in [3.63, 3.8) is 0 Å². The summed E-state index contributed by atoms with van der Waals surface area (Å²) in [5.41, 5.74) is 2.21. The molecule has 8 rings (SSSR count). The number of piperidine rings is 2. The summed E-state index contributed by atoms with van der Waals surface area (Å²) in [7, 11) is 3.08. The lowest BCUT2D eigenvalue weighted by molar-refractivity contribution is -0.136. The number of rotatable bonds is 13. The smallest absolute Gasteiger partial charge is 0.262 e. The van der Waals surface area contributed by atoms with Crippen molar-refractivity contribution in [3.8, 4) is 23.3 Å². The first-order valence-corrected chi connectivity index (χ1v) is 21.3. The molecule has 18 heteroatoms. The van der Waals surface area contributed by atoms with Gasteiger partial charge in [0.1, 0.15) is 23.7 Å². The molecule has 0 radical (unpaired) electrons. The second kappa shape index (κ2) is 18.3. The molecular formula is C44H45Cl2FN8O7. The highest BCUT2D eigenvalue weighted by molar-refractivity contribution is 6.37. The molecule has 4 amide bonds. The van der Waals surface area contributed by atoms with Gasteiger partial charge < -0.3 is 29.3 Å². The number of fused-ring (bicyclic) bond motifs is 2. The number of likely N-dealkylation sites (tertiary alicyclic amines) is 1. The molecule has 3 aromatic carbocycles. The minimum atomic E-state index is -1.10. The summed E-state index contributed by atoms with van der Waals surface area (Å²) in [6, 6.07) is 10.5.